The van der Waals surface area contributed by atoms with Crippen LogP contribution >= 0.6 is 15.9 Å². The molecule has 146 valence electrons. The van der Waals surface area contributed by atoms with E-state index in [2.05, 4.69) is 32.9 Å². The van der Waals surface area contributed by atoms with Crippen LogP contribution in [0.5, 0.6) is 5.75 Å². The quantitative estimate of drug-likeness (QED) is 0.556. The predicted octanol–water partition coefficient (Wildman–Crippen LogP) is 4.18. The number of anilines is 1. The Kier molecular flexibility index (Phi) is 7.67. The monoisotopic (exact) mass is 454 g/mol. The first-order valence-corrected chi connectivity index (χ1v) is 10.9. The van der Waals surface area contributed by atoms with Gasteiger partial charge in [-0.25, -0.2) is 8.42 Å². The third-order valence-corrected chi connectivity index (χ3v) is 5.81. The van der Waals surface area contributed by atoms with Crippen LogP contribution in [0.1, 0.15) is 36.5 Å². The molecule has 0 bridgehead atoms. The molecule has 1 amide bonds. The number of ether oxygens (including phenoxy) is 1. The molecule has 0 spiro atoms. The van der Waals surface area contributed by atoms with Crippen LogP contribution in [0.4, 0.5) is 5.69 Å². The van der Waals surface area contributed by atoms with Crippen LogP contribution in [0.2, 0.25) is 0 Å². The number of benzene rings is 2. The van der Waals surface area contributed by atoms with E-state index >= 15 is 0 Å². The summed E-state index contributed by atoms with van der Waals surface area (Å²) in [7, 11) is -2.54. The first-order chi connectivity index (χ1) is 12.9. The molecule has 0 saturated carbocycles. The summed E-state index contributed by atoms with van der Waals surface area (Å²) in [4.78, 5) is 12.2. The van der Waals surface area contributed by atoms with Gasteiger partial charge in [0.2, 0.25) is 0 Å². The summed E-state index contributed by atoms with van der Waals surface area (Å²) in [5, 5.41) is 2.81. The zero-order valence-corrected chi connectivity index (χ0v) is 17.7. The second-order valence-electron chi connectivity index (χ2n) is 5.94. The highest BCUT2D eigenvalue weighted by Gasteiger charge is 2.22. The van der Waals surface area contributed by atoms with E-state index in [9.17, 15) is 13.2 Å². The lowest BCUT2D eigenvalue weighted by molar-refractivity contribution is 0.0952. The first kappa shape index (κ1) is 21.2. The minimum absolute atomic E-state index is 0.0888. The second-order valence-corrected chi connectivity index (χ2v) is 8.51. The average Bonchev–Trinajstić information content (AvgIpc) is 2.66. The summed E-state index contributed by atoms with van der Waals surface area (Å²) in [5.74, 6) is -0.143. The van der Waals surface area contributed by atoms with Crippen molar-refractivity contribution in [3.05, 3.63) is 52.5 Å². The maximum absolute atomic E-state index is 12.8. The molecule has 27 heavy (non-hydrogen) atoms. The zero-order chi connectivity index (χ0) is 19.9. The number of nitrogens with one attached hydrogen (secondary N) is 2. The Morgan fingerprint density at radius 2 is 1.81 bits per heavy atom. The van der Waals surface area contributed by atoms with E-state index < -0.39 is 10.0 Å². The minimum Gasteiger partial charge on any atom is -0.495 e. The van der Waals surface area contributed by atoms with Crippen molar-refractivity contribution in [2.75, 3.05) is 18.4 Å². The Bertz CT molecular complexity index is 883. The molecule has 2 aromatic rings. The zero-order valence-electron chi connectivity index (χ0n) is 15.3. The van der Waals surface area contributed by atoms with Crippen molar-refractivity contribution in [1.82, 2.24) is 5.32 Å². The number of amides is 1. The number of sulfonamides is 1. The number of methoxy groups -OCH3 is 1. The maximum atomic E-state index is 12.8. The number of rotatable bonds is 9. The molecule has 0 aromatic heterocycles. The van der Waals surface area contributed by atoms with Crippen molar-refractivity contribution < 1.29 is 17.9 Å². The topological polar surface area (TPSA) is 84.5 Å². The van der Waals surface area contributed by atoms with Gasteiger partial charge in [-0.2, -0.15) is 0 Å². The Morgan fingerprint density at radius 1 is 1.11 bits per heavy atom. The van der Waals surface area contributed by atoms with Gasteiger partial charge in [-0.1, -0.05) is 35.7 Å². The molecule has 6 nitrogen and oxygen atoms in total. The Labute approximate surface area is 168 Å². The molecule has 0 saturated heterocycles. The van der Waals surface area contributed by atoms with Gasteiger partial charge < -0.3 is 10.1 Å². The molecular weight excluding hydrogens is 432 g/mol. The van der Waals surface area contributed by atoms with Crippen LogP contribution in [0.3, 0.4) is 0 Å². The molecule has 0 aliphatic carbocycles. The van der Waals surface area contributed by atoms with E-state index in [1.54, 1.807) is 30.3 Å². The first-order valence-electron chi connectivity index (χ1n) is 8.62. The molecular formula is C19H23BrN2O4S. The van der Waals surface area contributed by atoms with Gasteiger partial charge in [0.25, 0.3) is 15.9 Å². The van der Waals surface area contributed by atoms with Gasteiger partial charge in [0.15, 0.2) is 0 Å². The van der Waals surface area contributed by atoms with Crippen LogP contribution < -0.4 is 14.8 Å². The Balaban J connectivity index is 2.25. The van der Waals surface area contributed by atoms with Gasteiger partial charge in [0, 0.05) is 22.3 Å². The number of hydrogen-bond donors (Lipinski definition) is 2. The SMILES string of the molecule is CCCCCNC(=O)c1ccc(OC)c(S(=O)(=O)Nc2ccc(Br)cc2)c1. The summed E-state index contributed by atoms with van der Waals surface area (Å²) in [6, 6.07) is 11.1. The van der Waals surface area contributed by atoms with Crippen molar-refractivity contribution >= 4 is 37.5 Å². The second kappa shape index (κ2) is 9.75. The van der Waals surface area contributed by atoms with Gasteiger partial charge in [0.05, 0.1) is 7.11 Å². The molecule has 2 N–H and O–H groups in total. The van der Waals surface area contributed by atoms with Crippen LogP contribution in [0.15, 0.2) is 51.8 Å². The molecule has 2 rings (SSSR count). The molecule has 0 aliphatic rings. The third kappa shape index (κ3) is 5.97. The fourth-order valence-corrected chi connectivity index (χ4v) is 3.95. The number of hydrogen-bond acceptors (Lipinski definition) is 4. The molecule has 0 radical (unpaired) electrons. The van der Waals surface area contributed by atoms with Crippen LogP contribution in [-0.2, 0) is 10.0 Å². The van der Waals surface area contributed by atoms with E-state index in [1.165, 1.54) is 19.2 Å². The van der Waals surface area contributed by atoms with Gasteiger partial charge in [-0.15, -0.1) is 0 Å². The molecule has 8 heteroatoms. The van der Waals surface area contributed by atoms with E-state index in [-0.39, 0.29) is 22.1 Å². The van der Waals surface area contributed by atoms with Gasteiger partial charge in [0.1, 0.15) is 10.6 Å². The van der Waals surface area contributed by atoms with Gasteiger partial charge in [-0.05, 0) is 48.9 Å². The Hall–Kier alpha value is -2.06. The lowest BCUT2D eigenvalue weighted by Crippen LogP contribution is -2.25. The van der Waals surface area contributed by atoms with Crippen molar-refractivity contribution in [2.24, 2.45) is 0 Å². The summed E-state index contributed by atoms with van der Waals surface area (Å²) < 4.78 is 34.1. The highest BCUT2D eigenvalue weighted by Crippen LogP contribution is 2.27. The van der Waals surface area contributed by atoms with E-state index in [0.29, 0.717) is 12.2 Å². The van der Waals surface area contributed by atoms with Crippen molar-refractivity contribution in [3.8, 4) is 5.75 Å². The summed E-state index contributed by atoms with van der Waals surface area (Å²) in [5.41, 5.74) is 0.679. The molecule has 0 unspecified atom stereocenters. The van der Waals surface area contributed by atoms with Gasteiger partial charge in [-0.3, -0.25) is 9.52 Å². The minimum atomic E-state index is -3.92. The highest BCUT2D eigenvalue weighted by atomic mass is 79.9. The molecule has 0 heterocycles. The highest BCUT2D eigenvalue weighted by molar-refractivity contribution is 9.10. The largest absolute Gasteiger partial charge is 0.495 e. The predicted molar refractivity (Wildman–Crippen MR) is 110 cm³/mol. The lowest BCUT2D eigenvalue weighted by atomic mass is 10.2. The van der Waals surface area contributed by atoms with E-state index in [4.69, 9.17) is 4.74 Å². The Morgan fingerprint density at radius 3 is 2.44 bits per heavy atom. The van der Waals surface area contributed by atoms with Gasteiger partial charge >= 0.3 is 0 Å². The fraction of sp³-hybridized carbons (Fsp3) is 0.316. The number of carbonyl (C=O) groups excluding carboxylic acids is 1. The fourth-order valence-electron chi connectivity index (χ4n) is 2.43. The van der Waals surface area contributed by atoms with Crippen LogP contribution in [0.25, 0.3) is 0 Å². The van der Waals surface area contributed by atoms with Crippen LogP contribution in [0, 0.1) is 0 Å². The van der Waals surface area contributed by atoms with Crippen LogP contribution in [-0.4, -0.2) is 28.0 Å². The average molecular weight is 455 g/mol. The summed E-state index contributed by atoms with van der Waals surface area (Å²) in [6.07, 6.45) is 2.97. The van der Waals surface area contributed by atoms with E-state index in [1.807, 2.05) is 0 Å². The molecule has 0 fully saturated rings. The number of halogens is 1. The molecule has 0 atom stereocenters. The maximum Gasteiger partial charge on any atom is 0.265 e. The smallest absolute Gasteiger partial charge is 0.265 e. The standard InChI is InChI=1S/C19H23BrN2O4S/c1-3-4-5-12-21-19(23)14-6-11-17(26-2)18(13-14)27(24,25)22-16-9-7-15(20)8-10-16/h6-11,13,22H,3-5,12H2,1-2H3,(H,21,23). The molecule has 2 aromatic carbocycles. The summed E-state index contributed by atoms with van der Waals surface area (Å²) in [6.45, 7) is 2.64. The third-order valence-electron chi connectivity index (χ3n) is 3.88. The number of carbonyl (C=O) groups is 1. The van der Waals surface area contributed by atoms with Crippen molar-refractivity contribution in [1.29, 1.82) is 0 Å². The summed E-state index contributed by atoms with van der Waals surface area (Å²) >= 11 is 3.31. The van der Waals surface area contributed by atoms with Crippen molar-refractivity contribution in [2.45, 2.75) is 31.1 Å². The normalized spacial score (nSPS) is 11.1. The van der Waals surface area contributed by atoms with E-state index in [0.717, 1.165) is 23.7 Å². The molecule has 0 aliphatic heterocycles. The number of unbranched alkanes of at least 4 members (excludes halogenated alkanes) is 2. The van der Waals surface area contributed by atoms with Crippen molar-refractivity contribution in [3.63, 3.8) is 0 Å². The lowest BCUT2D eigenvalue weighted by Gasteiger charge is -2.13.